The van der Waals surface area contributed by atoms with Gasteiger partial charge in [0.15, 0.2) is 16.6 Å². The molecule has 0 N–H and O–H groups in total. The number of rotatable bonds is 12. The molecule has 0 fully saturated rings. The summed E-state index contributed by atoms with van der Waals surface area (Å²) in [5.41, 5.74) is 0. The van der Waals surface area contributed by atoms with Crippen LogP contribution in [0, 0.1) is 0 Å². The highest BCUT2D eigenvalue weighted by molar-refractivity contribution is 6.84. The van der Waals surface area contributed by atoms with Gasteiger partial charge >= 0.3 is 11.9 Å². The number of ether oxygens (including phenoxy) is 2. The summed E-state index contributed by atoms with van der Waals surface area (Å²) >= 11 is 0. The summed E-state index contributed by atoms with van der Waals surface area (Å²) in [7, 11) is -3.58. The van der Waals surface area contributed by atoms with Crippen molar-refractivity contribution in [3.8, 4) is 0 Å². The van der Waals surface area contributed by atoms with Crippen molar-refractivity contribution in [3.63, 3.8) is 0 Å². The number of carbonyl (C=O) groups excluding carboxylic acids is 2. The maximum absolute atomic E-state index is 11.3. The average Bonchev–Trinajstić information content (AvgIpc) is 2.47. The molecule has 0 amide bonds. The average molecular weight is 387 g/mol. The zero-order valence-electron chi connectivity index (χ0n) is 16.6. The van der Waals surface area contributed by atoms with Gasteiger partial charge in [0.1, 0.15) is 0 Å². The SMILES string of the molecule is CC=CC(=O)OCCC[Si](C)(CCCOC(=O)C=CC)O[Si](C)(C)C. The summed E-state index contributed by atoms with van der Waals surface area (Å²) in [5.74, 6) is -0.597. The molecular weight excluding hydrogens is 352 g/mol. The Balaban J connectivity index is 4.42. The van der Waals surface area contributed by atoms with Crippen LogP contribution in [0.1, 0.15) is 26.7 Å². The van der Waals surface area contributed by atoms with Crippen molar-refractivity contribution in [1.29, 1.82) is 0 Å². The molecule has 5 nitrogen and oxygen atoms in total. The Bertz CT molecular complexity index is 435. The van der Waals surface area contributed by atoms with Gasteiger partial charge in [0, 0.05) is 12.2 Å². The van der Waals surface area contributed by atoms with Crippen molar-refractivity contribution in [1.82, 2.24) is 0 Å². The van der Waals surface area contributed by atoms with Crippen molar-refractivity contribution < 1.29 is 23.2 Å². The highest BCUT2D eigenvalue weighted by atomic mass is 28.4. The first-order chi connectivity index (χ1) is 11.6. The molecule has 0 heterocycles. The van der Waals surface area contributed by atoms with Gasteiger partial charge in [-0.15, -0.1) is 0 Å². The lowest BCUT2D eigenvalue weighted by atomic mass is 10.5. The molecule has 0 atom stereocenters. The zero-order chi connectivity index (χ0) is 19.3. The Morgan fingerprint density at radius 3 is 1.52 bits per heavy atom. The quantitative estimate of drug-likeness (QED) is 0.215. The molecule has 25 heavy (non-hydrogen) atoms. The fourth-order valence-electron chi connectivity index (χ4n) is 2.57. The second-order valence-corrected chi connectivity index (χ2v) is 16.1. The molecule has 0 aromatic rings. The van der Waals surface area contributed by atoms with Gasteiger partial charge in [-0.3, -0.25) is 0 Å². The largest absolute Gasteiger partial charge is 0.463 e. The van der Waals surface area contributed by atoms with E-state index in [1.165, 1.54) is 12.2 Å². The minimum atomic E-state index is -1.92. The maximum atomic E-state index is 11.3. The number of esters is 2. The van der Waals surface area contributed by atoms with Crippen LogP contribution in [-0.2, 0) is 23.2 Å². The Kier molecular flexibility index (Phi) is 11.6. The Hall–Kier alpha value is -1.19. The maximum Gasteiger partial charge on any atom is 0.330 e. The van der Waals surface area contributed by atoms with Crippen molar-refractivity contribution in [2.45, 2.75) is 65.0 Å². The molecule has 0 aliphatic carbocycles. The summed E-state index contributed by atoms with van der Waals surface area (Å²) in [6.45, 7) is 13.2. The van der Waals surface area contributed by atoms with Gasteiger partial charge < -0.3 is 13.6 Å². The van der Waals surface area contributed by atoms with E-state index in [1.54, 1.807) is 26.0 Å². The van der Waals surface area contributed by atoms with E-state index in [1.807, 2.05) is 0 Å². The van der Waals surface area contributed by atoms with Gasteiger partial charge in [0.2, 0.25) is 0 Å². The van der Waals surface area contributed by atoms with Crippen LogP contribution in [0.3, 0.4) is 0 Å². The number of hydrogen-bond acceptors (Lipinski definition) is 5. The number of carbonyl (C=O) groups is 2. The van der Waals surface area contributed by atoms with Crippen LogP contribution >= 0.6 is 0 Å². The second kappa shape index (κ2) is 12.2. The van der Waals surface area contributed by atoms with Crippen LogP contribution in [0.5, 0.6) is 0 Å². The number of hydrogen-bond donors (Lipinski definition) is 0. The van der Waals surface area contributed by atoms with Crippen LogP contribution < -0.4 is 0 Å². The van der Waals surface area contributed by atoms with Crippen LogP contribution in [-0.4, -0.2) is 41.8 Å². The molecule has 7 heteroatoms. The molecule has 0 radical (unpaired) electrons. The topological polar surface area (TPSA) is 61.8 Å². The number of allylic oxidation sites excluding steroid dienone is 2. The minimum Gasteiger partial charge on any atom is -0.463 e. The lowest BCUT2D eigenvalue weighted by Crippen LogP contribution is -2.44. The zero-order valence-corrected chi connectivity index (χ0v) is 18.6. The highest BCUT2D eigenvalue weighted by Crippen LogP contribution is 2.25. The van der Waals surface area contributed by atoms with E-state index in [-0.39, 0.29) is 11.9 Å². The van der Waals surface area contributed by atoms with Crippen molar-refractivity contribution in [3.05, 3.63) is 24.3 Å². The Labute approximate surface area is 154 Å². The molecule has 0 unspecified atom stereocenters. The standard InChI is InChI=1S/C18H34O5Si2/c1-7-11-17(19)21-13-9-15-25(6,23-24(3,4)5)16-10-14-22-18(20)12-8-2/h7-8,11-12H,9-10,13-16H2,1-6H3. The van der Waals surface area contributed by atoms with Gasteiger partial charge in [-0.25, -0.2) is 9.59 Å². The Morgan fingerprint density at radius 2 is 1.20 bits per heavy atom. The molecule has 0 aromatic carbocycles. The Morgan fingerprint density at radius 1 is 0.800 bits per heavy atom. The summed E-state index contributed by atoms with van der Waals surface area (Å²) in [4.78, 5) is 22.7. The first kappa shape index (κ1) is 23.8. The molecule has 0 bridgehead atoms. The molecule has 0 aliphatic rings. The summed E-state index contributed by atoms with van der Waals surface area (Å²) in [6.07, 6.45) is 7.79. The molecule has 0 saturated heterocycles. The third-order valence-corrected chi connectivity index (χ3v) is 10.6. The minimum absolute atomic E-state index is 0.298. The predicted molar refractivity (Wildman–Crippen MR) is 106 cm³/mol. The van der Waals surface area contributed by atoms with E-state index in [2.05, 4.69) is 26.2 Å². The van der Waals surface area contributed by atoms with Gasteiger partial charge in [0.25, 0.3) is 0 Å². The van der Waals surface area contributed by atoms with Crippen LogP contribution in [0.25, 0.3) is 0 Å². The van der Waals surface area contributed by atoms with Crippen molar-refractivity contribution in [2.24, 2.45) is 0 Å². The van der Waals surface area contributed by atoms with Gasteiger partial charge in [0.05, 0.1) is 13.2 Å². The van der Waals surface area contributed by atoms with Crippen molar-refractivity contribution >= 4 is 28.6 Å². The first-order valence-electron chi connectivity index (χ1n) is 8.91. The van der Waals surface area contributed by atoms with Gasteiger partial charge in [-0.2, -0.15) is 0 Å². The molecule has 0 saturated carbocycles. The van der Waals surface area contributed by atoms with E-state index < -0.39 is 16.6 Å². The van der Waals surface area contributed by atoms with E-state index in [0.29, 0.717) is 13.2 Å². The van der Waals surface area contributed by atoms with E-state index in [0.717, 1.165) is 24.9 Å². The normalized spacial score (nSPS) is 14.6. The molecule has 0 spiro atoms. The van der Waals surface area contributed by atoms with Crippen LogP contribution in [0.2, 0.25) is 38.3 Å². The fourth-order valence-corrected chi connectivity index (χ4v) is 11.3. The van der Waals surface area contributed by atoms with E-state index in [4.69, 9.17) is 13.6 Å². The summed E-state index contributed by atoms with van der Waals surface area (Å²) in [5, 5.41) is 0. The van der Waals surface area contributed by atoms with Gasteiger partial charge in [-0.1, -0.05) is 12.2 Å². The monoisotopic (exact) mass is 386 g/mol. The third-order valence-electron chi connectivity index (χ3n) is 3.35. The molecule has 0 aromatic heterocycles. The first-order valence-corrected chi connectivity index (χ1v) is 15.1. The molecule has 0 aliphatic heterocycles. The highest BCUT2D eigenvalue weighted by Gasteiger charge is 2.33. The van der Waals surface area contributed by atoms with E-state index in [9.17, 15) is 9.59 Å². The van der Waals surface area contributed by atoms with E-state index >= 15 is 0 Å². The smallest absolute Gasteiger partial charge is 0.330 e. The predicted octanol–water partition coefficient (Wildman–Crippen LogP) is 4.43. The van der Waals surface area contributed by atoms with Crippen molar-refractivity contribution in [2.75, 3.05) is 13.2 Å². The van der Waals surface area contributed by atoms with Crippen LogP contribution in [0.15, 0.2) is 24.3 Å². The lowest BCUT2D eigenvalue weighted by molar-refractivity contribution is -0.138. The molecule has 0 rings (SSSR count). The third kappa shape index (κ3) is 13.7. The fraction of sp³-hybridized carbons (Fsp3) is 0.667. The summed E-state index contributed by atoms with van der Waals surface area (Å²) < 4.78 is 16.8. The van der Waals surface area contributed by atoms with Crippen LogP contribution in [0.4, 0.5) is 0 Å². The van der Waals surface area contributed by atoms with Gasteiger partial charge in [-0.05, 0) is 65.0 Å². The lowest BCUT2D eigenvalue weighted by Gasteiger charge is -2.34. The summed E-state index contributed by atoms with van der Waals surface area (Å²) in [6, 6.07) is 1.87. The second-order valence-electron chi connectivity index (χ2n) is 7.21. The molecule has 144 valence electrons. The molecular formula is C18H34O5Si2.